The van der Waals surface area contributed by atoms with E-state index in [1.807, 2.05) is 0 Å². The van der Waals surface area contributed by atoms with Crippen LogP contribution in [0.1, 0.15) is 31.7 Å². The predicted octanol–water partition coefficient (Wildman–Crippen LogP) is 3.38. The summed E-state index contributed by atoms with van der Waals surface area (Å²) in [6.45, 7) is 1.18. The number of benzene rings is 1. The van der Waals surface area contributed by atoms with Gasteiger partial charge in [0.15, 0.2) is 0 Å². The number of alkyl halides is 3. The number of nitrogens with one attached hydrogen (secondary N) is 1. The summed E-state index contributed by atoms with van der Waals surface area (Å²) >= 11 is 5.93. The van der Waals surface area contributed by atoms with Crippen molar-refractivity contribution in [1.82, 2.24) is 5.32 Å². The average Bonchev–Trinajstić information content (AvgIpc) is 3.23. The first-order valence-corrected chi connectivity index (χ1v) is 7.50. The van der Waals surface area contributed by atoms with Crippen molar-refractivity contribution in [1.29, 1.82) is 0 Å². The van der Waals surface area contributed by atoms with Gasteiger partial charge in [-0.3, -0.25) is 9.59 Å². The number of carbonyl (C=O) groups is 2. The van der Waals surface area contributed by atoms with Crippen LogP contribution in [0.5, 0.6) is 0 Å². The average molecular weight is 349 g/mol. The molecule has 0 atom stereocenters. The third kappa shape index (κ3) is 4.86. The molecule has 0 heterocycles. The van der Waals surface area contributed by atoms with E-state index in [1.165, 1.54) is 6.92 Å². The van der Waals surface area contributed by atoms with Crippen molar-refractivity contribution in [3.05, 3.63) is 28.8 Å². The van der Waals surface area contributed by atoms with Gasteiger partial charge in [-0.1, -0.05) is 11.6 Å². The molecule has 0 aromatic heterocycles. The fourth-order valence-electron chi connectivity index (χ4n) is 2.08. The zero-order chi connectivity index (χ0) is 17.2. The highest BCUT2D eigenvalue weighted by Gasteiger charge is 2.32. The predicted molar refractivity (Wildman–Crippen MR) is 80.3 cm³/mol. The highest BCUT2D eigenvalue weighted by atomic mass is 35.5. The lowest BCUT2D eigenvalue weighted by Gasteiger charge is -2.23. The normalized spacial score (nSPS) is 14.5. The summed E-state index contributed by atoms with van der Waals surface area (Å²) < 4.78 is 38.5. The first-order chi connectivity index (χ1) is 10.7. The minimum atomic E-state index is -4.54. The second kappa shape index (κ2) is 6.78. The third-order valence-corrected chi connectivity index (χ3v) is 3.77. The molecular formula is C15H16ClF3N2O2. The quantitative estimate of drug-likeness (QED) is 0.886. The van der Waals surface area contributed by atoms with Crippen LogP contribution in [0.2, 0.25) is 5.02 Å². The Kier molecular flexibility index (Phi) is 5.19. The van der Waals surface area contributed by atoms with Crippen molar-refractivity contribution in [3.8, 4) is 0 Å². The lowest BCUT2D eigenvalue weighted by molar-refractivity contribution is -0.137. The van der Waals surface area contributed by atoms with Crippen LogP contribution in [0.15, 0.2) is 18.2 Å². The molecule has 23 heavy (non-hydrogen) atoms. The Bertz CT molecular complexity index is 615. The maximum Gasteiger partial charge on any atom is 0.416 e. The second-order valence-corrected chi connectivity index (χ2v) is 5.83. The fraction of sp³-hybridized carbons (Fsp3) is 0.467. The number of carbonyl (C=O) groups excluding carboxylic acids is 2. The molecule has 0 spiro atoms. The molecule has 1 aromatic rings. The summed E-state index contributed by atoms with van der Waals surface area (Å²) in [5, 5.41) is 2.78. The number of hydrogen-bond acceptors (Lipinski definition) is 2. The molecule has 1 aliphatic carbocycles. The van der Waals surface area contributed by atoms with E-state index < -0.39 is 17.6 Å². The van der Waals surface area contributed by atoms with Crippen molar-refractivity contribution in [2.24, 2.45) is 0 Å². The summed E-state index contributed by atoms with van der Waals surface area (Å²) in [7, 11) is 0. The summed E-state index contributed by atoms with van der Waals surface area (Å²) in [4.78, 5) is 24.5. The molecule has 1 N–H and O–H groups in total. The molecule has 8 heteroatoms. The largest absolute Gasteiger partial charge is 0.416 e. The maximum atomic E-state index is 12.8. The summed E-state index contributed by atoms with van der Waals surface area (Å²) in [6, 6.07) is 2.96. The minimum absolute atomic E-state index is 0.00263. The topological polar surface area (TPSA) is 49.4 Å². The molecule has 2 rings (SSSR count). The van der Waals surface area contributed by atoms with E-state index in [4.69, 9.17) is 11.6 Å². The van der Waals surface area contributed by atoms with Gasteiger partial charge >= 0.3 is 6.18 Å². The first kappa shape index (κ1) is 17.6. The van der Waals surface area contributed by atoms with E-state index in [0.717, 1.165) is 35.9 Å². The van der Waals surface area contributed by atoms with E-state index >= 15 is 0 Å². The van der Waals surface area contributed by atoms with Crippen LogP contribution in [0, 0.1) is 0 Å². The molecule has 0 radical (unpaired) electrons. The molecule has 0 saturated heterocycles. The second-order valence-electron chi connectivity index (χ2n) is 5.43. The van der Waals surface area contributed by atoms with Gasteiger partial charge in [-0.2, -0.15) is 13.2 Å². The Morgan fingerprint density at radius 3 is 2.52 bits per heavy atom. The minimum Gasteiger partial charge on any atom is -0.353 e. The number of nitrogens with zero attached hydrogens (tertiary/aromatic N) is 1. The molecule has 1 aromatic carbocycles. The first-order valence-electron chi connectivity index (χ1n) is 7.12. The van der Waals surface area contributed by atoms with Gasteiger partial charge in [0.2, 0.25) is 11.8 Å². The molecule has 2 amide bonds. The third-order valence-electron chi connectivity index (χ3n) is 3.45. The van der Waals surface area contributed by atoms with Gasteiger partial charge in [-0.25, -0.2) is 0 Å². The summed E-state index contributed by atoms with van der Waals surface area (Å²) in [5.74, 6) is -0.715. The molecule has 0 unspecified atom stereocenters. The van der Waals surface area contributed by atoms with Crippen molar-refractivity contribution in [3.63, 3.8) is 0 Å². The van der Waals surface area contributed by atoms with Crippen LogP contribution >= 0.6 is 11.6 Å². The van der Waals surface area contributed by atoms with Gasteiger partial charge in [-0.05, 0) is 31.0 Å². The number of anilines is 1. The highest BCUT2D eigenvalue weighted by molar-refractivity contribution is 6.33. The van der Waals surface area contributed by atoms with Crippen LogP contribution in [0.4, 0.5) is 18.9 Å². The standard InChI is InChI=1S/C15H16ClF3N2O2/c1-9(22)21(7-6-14(23)20-11-3-4-11)13-8-10(15(17,18)19)2-5-12(13)16/h2,5,8,11H,3-4,6-7H2,1H3,(H,20,23). The Hall–Kier alpha value is -1.76. The molecule has 0 bridgehead atoms. The van der Waals surface area contributed by atoms with Gasteiger partial charge in [0.1, 0.15) is 0 Å². The van der Waals surface area contributed by atoms with Crippen LogP contribution in [-0.4, -0.2) is 24.4 Å². The van der Waals surface area contributed by atoms with Gasteiger partial charge in [0, 0.05) is 25.9 Å². The molecule has 1 aliphatic rings. The zero-order valence-corrected chi connectivity index (χ0v) is 13.2. The van der Waals surface area contributed by atoms with Crippen molar-refractivity contribution < 1.29 is 22.8 Å². The van der Waals surface area contributed by atoms with Crippen LogP contribution < -0.4 is 10.2 Å². The Morgan fingerprint density at radius 2 is 2.00 bits per heavy atom. The molecule has 4 nitrogen and oxygen atoms in total. The van der Waals surface area contributed by atoms with Crippen LogP contribution in [0.25, 0.3) is 0 Å². The van der Waals surface area contributed by atoms with E-state index in [-0.39, 0.29) is 35.6 Å². The summed E-state index contributed by atoms with van der Waals surface area (Å²) in [6.07, 6.45) is -2.67. The Balaban J connectivity index is 2.16. The van der Waals surface area contributed by atoms with Crippen molar-refractivity contribution in [2.75, 3.05) is 11.4 Å². The highest BCUT2D eigenvalue weighted by Crippen LogP contribution is 2.35. The van der Waals surface area contributed by atoms with Crippen LogP contribution in [-0.2, 0) is 15.8 Å². The van der Waals surface area contributed by atoms with Crippen LogP contribution in [0.3, 0.4) is 0 Å². The lowest BCUT2D eigenvalue weighted by atomic mass is 10.1. The van der Waals surface area contributed by atoms with Gasteiger partial charge in [0.05, 0.1) is 16.3 Å². The Labute approximate surface area is 136 Å². The van der Waals surface area contributed by atoms with Crippen molar-refractivity contribution in [2.45, 2.75) is 38.4 Å². The number of rotatable bonds is 5. The van der Waals surface area contributed by atoms with E-state index in [1.54, 1.807) is 0 Å². The Morgan fingerprint density at radius 1 is 1.35 bits per heavy atom. The van der Waals surface area contributed by atoms with E-state index in [2.05, 4.69) is 5.32 Å². The molecule has 126 valence electrons. The van der Waals surface area contributed by atoms with Gasteiger partial charge in [0.25, 0.3) is 0 Å². The molecular weight excluding hydrogens is 333 g/mol. The molecule has 0 aliphatic heterocycles. The zero-order valence-electron chi connectivity index (χ0n) is 12.4. The van der Waals surface area contributed by atoms with Gasteiger partial charge in [-0.15, -0.1) is 0 Å². The lowest BCUT2D eigenvalue weighted by Crippen LogP contribution is -2.34. The summed E-state index contributed by atoms with van der Waals surface area (Å²) in [5.41, 5.74) is -0.946. The molecule has 1 saturated carbocycles. The fourth-order valence-corrected chi connectivity index (χ4v) is 2.30. The van der Waals surface area contributed by atoms with Crippen molar-refractivity contribution >= 4 is 29.1 Å². The maximum absolute atomic E-state index is 12.8. The number of halogens is 4. The molecule has 1 fully saturated rings. The smallest absolute Gasteiger partial charge is 0.353 e. The van der Waals surface area contributed by atoms with E-state index in [9.17, 15) is 22.8 Å². The van der Waals surface area contributed by atoms with E-state index in [0.29, 0.717) is 0 Å². The van der Waals surface area contributed by atoms with Gasteiger partial charge < -0.3 is 10.2 Å². The number of amides is 2. The SMILES string of the molecule is CC(=O)N(CCC(=O)NC1CC1)c1cc(C(F)(F)F)ccc1Cl. The number of hydrogen-bond donors (Lipinski definition) is 1. The monoisotopic (exact) mass is 348 g/mol.